The number of hydrogen-bond acceptors (Lipinski definition) is 7. The lowest BCUT2D eigenvalue weighted by atomic mass is 9.82. The first-order chi connectivity index (χ1) is 11.9. The number of carbonyl (C=O) groups excluding carboxylic acids is 2. The summed E-state index contributed by atoms with van der Waals surface area (Å²) in [6, 6.07) is 3.60. The van der Waals surface area contributed by atoms with Gasteiger partial charge in [0.05, 0.1) is 11.4 Å². The van der Waals surface area contributed by atoms with Crippen molar-refractivity contribution in [3.8, 4) is 0 Å². The SMILES string of the molecule is Cc1ncc(C2Nc3cc4c(cc3N2)C(C)(C(=O)NN)C(=O)N4)cn1. The van der Waals surface area contributed by atoms with Gasteiger partial charge < -0.3 is 16.0 Å². The molecule has 6 N–H and O–H groups in total. The molecule has 2 amide bonds. The number of aromatic nitrogens is 2. The molecule has 1 aromatic carbocycles. The molecule has 9 nitrogen and oxygen atoms in total. The first kappa shape index (κ1) is 15.3. The second kappa shape index (κ2) is 5.15. The van der Waals surface area contributed by atoms with Crippen molar-refractivity contribution < 1.29 is 9.59 Å². The van der Waals surface area contributed by atoms with Gasteiger partial charge in [-0.1, -0.05) is 0 Å². The van der Waals surface area contributed by atoms with Crippen LogP contribution in [0.25, 0.3) is 0 Å². The van der Waals surface area contributed by atoms with Gasteiger partial charge in [0.2, 0.25) is 5.91 Å². The maximum absolute atomic E-state index is 12.3. The number of anilines is 3. The lowest BCUT2D eigenvalue weighted by molar-refractivity contribution is -0.133. The summed E-state index contributed by atoms with van der Waals surface area (Å²) in [6.45, 7) is 3.38. The molecule has 9 heteroatoms. The number of fused-ring (bicyclic) bond motifs is 2. The Hall–Kier alpha value is -3.20. The minimum absolute atomic E-state index is 0.191. The Morgan fingerprint density at radius 1 is 1.20 bits per heavy atom. The number of hydrazine groups is 1. The van der Waals surface area contributed by atoms with Crippen molar-refractivity contribution >= 4 is 28.9 Å². The van der Waals surface area contributed by atoms with Gasteiger partial charge >= 0.3 is 0 Å². The first-order valence-electron chi connectivity index (χ1n) is 7.76. The number of hydrogen-bond donors (Lipinski definition) is 5. The van der Waals surface area contributed by atoms with Crippen molar-refractivity contribution in [3.63, 3.8) is 0 Å². The predicted octanol–water partition coefficient (Wildman–Crippen LogP) is 0.521. The van der Waals surface area contributed by atoms with Crippen LogP contribution in [0.4, 0.5) is 17.1 Å². The molecule has 0 radical (unpaired) electrons. The Labute approximate surface area is 143 Å². The van der Waals surface area contributed by atoms with Gasteiger partial charge in [-0.3, -0.25) is 15.0 Å². The smallest absolute Gasteiger partial charge is 0.253 e. The van der Waals surface area contributed by atoms with Crippen LogP contribution < -0.4 is 27.2 Å². The Bertz CT molecular complexity index is 896. The number of benzene rings is 1. The fourth-order valence-corrected chi connectivity index (χ4v) is 3.16. The van der Waals surface area contributed by atoms with E-state index in [9.17, 15) is 9.59 Å². The minimum atomic E-state index is -1.37. The van der Waals surface area contributed by atoms with Crippen LogP contribution in [0.1, 0.15) is 30.0 Å². The van der Waals surface area contributed by atoms with E-state index >= 15 is 0 Å². The summed E-state index contributed by atoms with van der Waals surface area (Å²) in [5.41, 5.74) is 4.36. The number of amides is 2. The number of nitrogens with zero attached hydrogens (tertiary/aromatic N) is 2. The Kier molecular flexibility index (Phi) is 3.16. The van der Waals surface area contributed by atoms with Crippen LogP contribution in [0.3, 0.4) is 0 Å². The summed E-state index contributed by atoms with van der Waals surface area (Å²) in [7, 11) is 0. The Morgan fingerprint density at radius 3 is 2.48 bits per heavy atom. The quantitative estimate of drug-likeness (QED) is 0.233. The molecule has 3 heterocycles. The molecule has 0 saturated heterocycles. The van der Waals surface area contributed by atoms with E-state index in [1.54, 1.807) is 31.5 Å². The van der Waals surface area contributed by atoms with Crippen molar-refractivity contribution in [2.45, 2.75) is 25.4 Å². The van der Waals surface area contributed by atoms with E-state index < -0.39 is 17.2 Å². The van der Waals surface area contributed by atoms with E-state index in [-0.39, 0.29) is 6.17 Å². The zero-order chi connectivity index (χ0) is 17.8. The highest BCUT2D eigenvalue weighted by molar-refractivity contribution is 6.20. The average Bonchev–Trinajstić information content (AvgIpc) is 3.12. The molecule has 2 aromatic rings. The van der Waals surface area contributed by atoms with E-state index in [0.717, 1.165) is 16.9 Å². The van der Waals surface area contributed by atoms with Gasteiger partial charge in [0.1, 0.15) is 12.0 Å². The molecule has 2 aliphatic heterocycles. The molecule has 2 atom stereocenters. The third kappa shape index (κ3) is 2.13. The van der Waals surface area contributed by atoms with E-state index in [2.05, 4.69) is 31.3 Å². The van der Waals surface area contributed by atoms with E-state index in [1.165, 1.54) is 0 Å². The lowest BCUT2D eigenvalue weighted by Gasteiger charge is -2.20. The molecule has 2 unspecified atom stereocenters. The maximum Gasteiger partial charge on any atom is 0.253 e. The fourth-order valence-electron chi connectivity index (χ4n) is 3.16. The van der Waals surface area contributed by atoms with Crippen molar-refractivity contribution in [2.75, 3.05) is 16.0 Å². The number of nitrogens with one attached hydrogen (secondary N) is 4. The predicted molar refractivity (Wildman–Crippen MR) is 91.5 cm³/mol. The molecule has 0 fully saturated rings. The third-order valence-corrected chi connectivity index (χ3v) is 4.72. The third-order valence-electron chi connectivity index (χ3n) is 4.72. The molecule has 0 bridgehead atoms. The second-order valence-corrected chi connectivity index (χ2v) is 6.28. The van der Waals surface area contributed by atoms with Crippen LogP contribution in [-0.2, 0) is 15.0 Å². The van der Waals surface area contributed by atoms with Gasteiger partial charge in [0, 0.05) is 29.2 Å². The van der Waals surface area contributed by atoms with Crippen LogP contribution in [0.5, 0.6) is 0 Å². The summed E-state index contributed by atoms with van der Waals surface area (Å²) >= 11 is 0. The molecule has 25 heavy (non-hydrogen) atoms. The highest BCUT2D eigenvalue weighted by Gasteiger charge is 2.49. The van der Waals surface area contributed by atoms with Gasteiger partial charge in [-0.05, 0) is 26.0 Å². The minimum Gasteiger partial charge on any atom is -0.360 e. The number of aryl methyl sites for hydroxylation is 1. The lowest BCUT2D eigenvalue weighted by Crippen LogP contribution is -2.49. The standard InChI is InChI=1S/C16H17N7O2/c1-7-18-5-8(6-19-7)13-20-11-3-9-10(4-12(11)21-13)22-14(24)16(9,2)15(25)23-17/h3-6,13,20-21H,17H2,1-2H3,(H,22,24)(H,23,25). The molecule has 1 aromatic heterocycles. The van der Waals surface area contributed by atoms with Crippen molar-refractivity contribution in [3.05, 3.63) is 41.5 Å². The summed E-state index contributed by atoms with van der Waals surface area (Å²) < 4.78 is 0. The summed E-state index contributed by atoms with van der Waals surface area (Å²) in [5.74, 6) is 4.99. The van der Waals surface area contributed by atoms with Gasteiger partial charge in [0.15, 0.2) is 5.41 Å². The largest absolute Gasteiger partial charge is 0.360 e. The van der Waals surface area contributed by atoms with Crippen LogP contribution >= 0.6 is 0 Å². The number of carbonyl (C=O) groups is 2. The topological polar surface area (TPSA) is 134 Å². The molecular formula is C16H17N7O2. The molecule has 0 aliphatic carbocycles. The monoisotopic (exact) mass is 339 g/mol. The Morgan fingerprint density at radius 2 is 1.84 bits per heavy atom. The molecule has 128 valence electrons. The average molecular weight is 339 g/mol. The molecule has 0 spiro atoms. The van der Waals surface area contributed by atoms with Crippen LogP contribution in [-0.4, -0.2) is 21.8 Å². The fraction of sp³-hybridized carbons (Fsp3) is 0.250. The van der Waals surface area contributed by atoms with Gasteiger partial charge in [-0.25, -0.2) is 15.8 Å². The van der Waals surface area contributed by atoms with Crippen molar-refractivity contribution in [1.82, 2.24) is 15.4 Å². The summed E-state index contributed by atoms with van der Waals surface area (Å²) in [4.78, 5) is 32.9. The van der Waals surface area contributed by atoms with Crippen LogP contribution in [0.2, 0.25) is 0 Å². The Balaban J connectivity index is 1.71. The molecule has 0 saturated carbocycles. The van der Waals surface area contributed by atoms with Crippen molar-refractivity contribution in [1.29, 1.82) is 0 Å². The van der Waals surface area contributed by atoms with Crippen molar-refractivity contribution in [2.24, 2.45) is 5.84 Å². The normalized spacial score (nSPS) is 23.2. The van der Waals surface area contributed by atoms with Gasteiger partial charge in [0.25, 0.3) is 5.91 Å². The molecular weight excluding hydrogens is 322 g/mol. The molecule has 4 rings (SSSR count). The second-order valence-electron chi connectivity index (χ2n) is 6.28. The van der Waals surface area contributed by atoms with E-state index in [0.29, 0.717) is 17.1 Å². The first-order valence-corrected chi connectivity index (χ1v) is 7.76. The summed E-state index contributed by atoms with van der Waals surface area (Å²) in [5, 5.41) is 9.38. The van der Waals surface area contributed by atoms with Crippen LogP contribution in [0.15, 0.2) is 24.5 Å². The molecule has 2 aliphatic rings. The highest BCUT2D eigenvalue weighted by atomic mass is 16.2. The number of nitrogens with two attached hydrogens (primary N) is 1. The number of rotatable bonds is 2. The van der Waals surface area contributed by atoms with Gasteiger partial charge in [-0.15, -0.1) is 0 Å². The zero-order valence-electron chi connectivity index (χ0n) is 13.7. The zero-order valence-corrected chi connectivity index (χ0v) is 13.7. The van der Waals surface area contributed by atoms with Crippen LogP contribution in [0, 0.1) is 6.92 Å². The van der Waals surface area contributed by atoms with Gasteiger partial charge in [-0.2, -0.15) is 0 Å². The van der Waals surface area contributed by atoms with E-state index in [4.69, 9.17) is 5.84 Å². The maximum atomic E-state index is 12.3. The summed E-state index contributed by atoms with van der Waals surface area (Å²) in [6.07, 6.45) is 3.31. The highest BCUT2D eigenvalue weighted by Crippen LogP contribution is 2.45. The van der Waals surface area contributed by atoms with E-state index in [1.807, 2.05) is 6.92 Å².